The van der Waals surface area contributed by atoms with Crippen molar-refractivity contribution < 1.29 is 9.53 Å². The van der Waals surface area contributed by atoms with Gasteiger partial charge in [0.1, 0.15) is 5.75 Å². The Bertz CT molecular complexity index is 407. The number of amides is 1. The maximum absolute atomic E-state index is 11.7. The van der Waals surface area contributed by atoms with E-state index in [4.69, 9.17) is 4.74 Å². The van der Waals surface area contributed by atoms with Gasteiger partial charge in [-0.2, -0.15) is 0 Å². The lowest BCUT2D eigenvalue weighted by Crippen LogP contribution is -2.36. The molecule has 0 aliphatic carbocycles. The van der Waals surface area contributed by atoms with E-state index in [-0.39, 0.29) is 5.91 Å². The van der Waals surface area contributed by atoms with E-state index in [9.17, 15) is 4.79 Å². The van der Waals surface area contributed by atoms with Crippen LogP contribution in [-0.2, 0) is 4.79 Å². The fourth-order valence-electron chi connectivity index (χ4n) is 1.48. The lowest BCUT2D eigenvalue weighted by molar-refractivity contribution is -0.127. The zero-order valence-electron chi connectivity index (χ0n) is 11.1. The van der Waals surface area contributed by atoms with E-state index >= 15 is 0 Å². The number of rotatable bonds is 6. The van der Waals surface area contributed by atoms with Crippen molar-refractivity contribution >= 4 is 21.8 Å². The predicted molar refractivity (Wildman–Crippen MR) is 76.9 cm³/mol. The number of benzene rings is 1. The number of unbranched alkanes of at least 4 members (excludes halogenated alkanes) is 1. The summed E-state index contributed by atoms with van der Waals surface area (Å²) in [6.45, 7) is 6.57. The summed E-state index contributed by atoms with van der Waals surface area (Å²) in [6.07, 6.45) is 1.58. The van der Waals surface area contributed by atoms with Crippen molar-refractivity contribution in [2.75, 3.05) is 6.54 Å². The fourth-order valence-corrected chi connectivity index (χ4v) is 2.06. The summed E-state index contributed by atoms with van der Waals surface area (Å²) in [6, 6.07) is 5.80. The summed E-state index contributed by atoms with van der Waals surface area (Å²) < 4.78 is 6.50. The Morgan fingerprint density at radius 3 is 2.83 bits per heavy atom. The second-order valence-electron chi connectivity index (χ2n) is 4.34. The maximum atomic E-state index is 11.7. The van der Waals surface area contributed by atoms with E-state index in [0.717, 1.165) is 22.9 Å². The molecule has 18 heavy (non-hydrogen) atoms. The van der Waals surface area contributed by atoms with Crippen LogP contribution in [0.1, 0.15) is 32.3 Å². The van der Waals surface area contributed by atoms with Crippen LogP contribution in [0.5, 0.6) is 5.75 Å². The van der Waals surface area contributed by atoms with Gasteiger partial charge in [0.15, 0.2) is 6.10 Å². The molecule has 0 fully saturated rings. The van der Waals surface area contributed by atoms with Crippen molar-refractivity contribution in [3.8, 4) is 5.75 Å². The van der Waals surface area contributed by atoms with Gasteiger partial charge >= 0.3 is 0 Å². The first kappa shape index (κ1) is 15.0. The van der Waals surface area contributed by atoms with Crippen molar-refractivity contribution in [3.05, 3.63) is 28.2 Å². The fraction of sp³-hybridized carbons (Fsp3) is 0.500. The maximum Gasteiger partial charge on any atom is 0.260 e. The minimum Gasteiger partial charge on any atom is -0.480 e. The molecule has 1 atom stereocenters. The van der Waals surface area contributed by atoms with Gasteiger partial charge in [-0.1, -0.05) is 19.4 Å². The molecule has 0 spiro atoms. The van der Waals surface area contributed by atoms with Crippen molar-refractivity contribution in [2.45, 2.75) is 39.7 Å². The van der Waals surface area contributed by atoms with Crippen molar-refractivity contribution in [2.24, 2.45) is 0 Å². The van der Waals surface area contributed by atoms with Crippen LogP contribution in [0.2, 0.25) is 0 Å². The molecule has 1 aromatic carbocycles. The van der Waals surface area contributed by atoms with Gasteiger partial charge in [0.2, 0.25) is 0 Å². The molecular weight excluding hydrogens is 294 g/mol. The standard InChI is InChI=1S/C14H20BrNO2/c1-4-5-8-16-14(17)11(3)18-13-7-6-10(2)9-12(13)15/h6-7,9,11H,4-5,8H2,1-3H3,(H,16,17). The Morgan fingerprint density at radius 2 is 2.22 bits per heavy atom. The number of nitrogens with one attached hydrogen (secondary N) is 1. The zero-order valence-corrected chi connectivity index (χ0v) is 12.7. The molecule has 0 saturated heterocycles. The Morgan fingerprint density at radius 1 is 1.50 bits per heavy atom. The third-order valence-corrected chi connectivity index (χ3v) is 3.21. The van der Waals surface area contributed by atoms with Crippen molar-refractivity contribution in [1.29, 1.82) is 0 Å². The summed E-state index contributed by atoms with van der Waals surface area (Å²) in [4.78, 5) is 11.7. The van der Waals surface area contributed by atoms with Crippen LogP contribution in [0.4, 0.5) is 0 Å². The highest BCUT2D eigenvalue weighted by molar-refractivity contribution is 9.10. The monoisotopic (exact) mass is 313 g/mol. The first-order valence-corrected chi connectivity index (χ1v) is 7.04. The van der Waals surface area contributed by atoms with E-state index in [1.165, 1.54) is 0 Å². The highest BCUT2D eigenvalue weighted by Crippen LogP contribution is 2.26. The summed E-state index contributed by atoms with van der Waals surface area (Å²) >= 11 is 3.43. The van der Waals surface area contributed by atoms with Crippen LogP contribution >= 0.6 is 15.9 Å². The number of aryl methyl sites for hydroxylation is 1. The molecular formula is C14H20BrNO2. The highest BCUT2D eigenvalue weighted by Gasteiger charge is 2.15. The summed E-state index contributed by atoms with van der Waals surface area (Å²) in [5, 5.41) is 2.86. The molecule has 0 radical (unpaired) electrons. The SMILES string of the molecule is CCCCNC(=O)C(C)Oc1ccc(C)cc1Br. The summed E-state index contributed by atoms with van der Waals surface area (Å²) in [7, 11) is 0. The molecule has 1 rings (SSSR count). The molecule has 0 aromatic heterocycles. The van der Waals surface area contributed by atoms with Crippen LogP contribution < -0.4 is 10.1 Å². The van der Waals surface area contributed by atoms with E-state index in [1.54, 1.807) is 6.92 Å². The summed E-state index contributed by atoms with van der Waals surface area (Å²) in [5.74, 6) is 0.620. The molecule has 100 valence electrons. The molecule has 1 N–H and O–H groups in total. The quantitative estimate of drug-likeness (QED) is 0.817. The third-order valence-electron chi connectivity index (χ3n) is 2.59. The Balaban J connectivity index is 2.53. The number of carbonyl (C=O) groups excluding carboxylic acids is 1. The zero-order chi connectivity index (χ0) is 13.5. The first-order chi connectivity index (χ1) is 8.54. The van der Waals surface area contributed by atoms with E-state index in [0.29, 0.717) is 12.3 Å². The van der Waals surface area contributed by atoms with Crippen LogP contribution in [0.15, 0.2) is 22.7 Å². The van der Waals surface area contributed by atoms with Gasteiger partial charge in [-0.05, 0) is 53.9 Å². The first-order valence-electron chi connectivity index (χ1n) is 6.25. The molecule has 0 bridgehead atoms. The van der Waals surface area contributed by atoms with E-state index in [1.807, 2.05) is 25.1 Å². The molecule has 0 heterocycles. The Hall–Kier alpha value is -1.03. The van der Waals surface area contributed by atoms with Gasteiger partial charge in [0.25, 0.3) is 5.91 Å². The van der Waals surface area contributed by atoms with E-state index in [2.05, 4.69) is 28.2 Å². The van der Waals surface area contributed by atoms with Crippen LogP contribution in [0.25, 0.3) is 0 Å². The normalized spacial score (nSPS) is 12.0. The van der Waals surface area contributed by atoms with Crippen LogP contribution in [0.3, 0.4) is 0 Å². The Kier molecular flexibility index (Phi) is 6.19. The second kappa shape index (κ2) is 7.41. The minimum absolute atomic E-state index is 0.0732. The predicted octanol–water partition coefficient (Wildman–Crippen LogP) is 3.44. The molecule has 4 heteroatoms. The second-order valence-corrected chi connectivity index (χ2v) is 5.19. The van der Waals surface area contributed by atoms with Crippen molar-refractivity contribution in [1.82, 2.24) is 5.32 Å². The number of carbonyl (C=O) groups is 1. The van der Waals surface area contributed by atoms with Crippen LogP contribution in [-0.4, -0.2) is 18.6 Å². The molecule has 3 nitrogen and oxygen atoms in total. The average molecular weight is 314 g/mol. The number of halogens is 1. The largest absolute Gasteiger partial charge is 0.480 e. The molecule has 1 aromatic rings. The number of hydrogen-bond donors (Lipinski definition) is 1. The lowest BCUT2D eigenvalue weighted by atomic mass is 10.2. The van der Waals surface area contributed by atoms with Gasteiger partial charge in [-0.15, -0.1) is 0 Å². The Labute approximate surface area is 117 Å². The topological polar surface area (TPSA) is 38.3 Å². The molecule has 1 amide bonds. The van der Waals surface area contributed by atoms with Gasteiger partial charge in [-0.3, -0.25) is 4.79 Å². The molecule has 0 saturated carbocycles. The number of hydrogen-bond acceptors (Lipinski definition) is 2. The lowest BCUT2D eigenvalue weighted by Gasteiger charge is -2.15. The van der Waals surface area contributed by atoms with Gasteiger partial charge in [-0.25, -0.2) is 0 Å². The van der Waals surface area contributed by atoms with Crippen LogP contribution in [0, 0.1) is 6.92 Å². The average Bonchev–Trinajstić information content (AvgIpc) is 2.32. The third kappa shape index (κ3) is 4.69. The van der Waals surface area contributed by atoms with Gasteiger partial charge < -0.3 is 10.1 Å². The van der Waals surface area contributed by atoms with Crippen molar-refractivity contribution in [3.63, 3.8) is 0 Å². The summed E-state index contributed by atoms with van der Waals surface area (Å²) in [5.41, 5.74) is 1.15. The smallest absolute Gasteiger partial charge is 0.260 e. The van der Waals surface area contributed by atoms with Gasteiger partial charge in [0.05, 0.1) is 4.47 Å². The molecule has 0 aliphatic rings. The van der Waals surface area contributed by atoms with E-state index < -0.39 is 6.10 Å². The van der Waals surface area contributed by atoms with Gasteiger partial charge in [0, 0.05) is 6.54 Å². The molecule has 1 unspecified atom stereocenters. The molecule has 0 aliphatic heterocycles. The highest BCUT2D eigenvalue weighted by atomic mass is 79.9. The number of ether oxygens (including phenoxy) is 1. The minimum atomic E-state index is -0.485.